The lowest BCUT2D eigenvalue weighted by Gasteiger charge is -2.20. The first kappa shape index (κ1) is 45.1. The van der Waals surface area contributed by atoms with E-state index in [2.05, 4.69) is 26.1 Å². The van der Waals surface area contributed by atoms with Crippen LogP contribution >= 0.6 is 0 Å². The molecule has 46 heavy (non-hydrogen) atoms. The third-order valence-electron chi connectivity index (χ3n) is 9.70. The lowest BCUT2D eigenvalue weighted by atomic mass is 10.0. The summed E-state index contributed by atoms with van der Waals surface area (Å²) in [6.07, 6.45) is 44.6. The maximum atomic E-state index is 12.3. The third-order valence-corrected chi connectivity index (χ3v) is 9.70. The van der Waals surface area contributed by atoms with E-state index in [9.17, 15) is 15.0 Å². The number of nitrogens with one attached hydrogen (secondary N) is 1. The highest BCUT2D eigenvalue weighted by Gasteiger charge is 2.17. The van der Waals surface area contributed by atoms with Crippen LogP contribution in [0.3, 0.4) is 0 Å². The number of rotatable bonds is 37. The van der Waals surface area contributed by atoms with E-state index in [0.717, 1.165) is 31.6 Å². The lowest BCUT2D eigenvalue weighted by Crippen LogP contribution is -2.45. The van der Waals surface area contributed by atoms with Gasteiger partial charge in [0.15, 0.2) is 0 Å². The minimum atomic E-state index is -0.834. The van der Waals surface area contributed by atoms with Gasteiger partial charge in [0.25, 0.3) is 0 Å². The van der Waals surface area contributed by atoms with Crippen LogP contribution in [-0.2, 0) is 4.79 Å². The molecular weight excluding hydrogens is 566 g/mol. The summed E-state index contributed by atoms with van der Waals surface area (Å²) in [7, 11) is 0. The maximum Gasteiger partial charge on any atom is 0.220 e. The molecule has 0 heterocycles. The molecule has 4 nitrogen and oxygen atoms in total. The molecule has 0 aromatic carbocycles. The van der Waals surface area contributed by atoms with Gasteiger partial charge in [0.2, 0.25) is 5.91 Å². The first-order valence-corrected chi connectivity index (χ1v) is 20.8. The van der Waals surface area contributed by atoms with E-state index in [1.54, 1.807) is 6.08 Å². The molecule has 0 aliphatic rings. The summed E-state index contributed by atoms with van der Waals surface area (Å²) in [6.45, 7) is 6.64. The van der Waals surface area contributed by atoms with Gasteiger partial charge in [-0.25, -0.2) is 0 Å². The number of hydrogen-bond acceptors (Lipinski definition) is 3. The van der Waals surface area contributed by atoms with Crippen molar-refractivity contribution in [2.24, 2.45) is 5.92 Å². The number of carbonyl (C=O) groups is 1. The molecular formula is C42H83NO3. The third kappa shape index (κ3) is 34.5. The maximum absolute atomic E-state index is 12.3. The van der Waals surface area contributed by atoms with Gasteiger partial charge in [0.1, 0.15) is 0 Å². The molecule has 0 saturated heterocycles. The minimum absolute atomic E-state index is 0.0620. The van der Waals surface area contributed by atoms with Gasteiger partial charge in [-0.1, -0.05) is 213 Å². The van der Waals surface area contributed by atoms with Crippen molar-refractivity contribution in [3.8, 4) is 0 Å². The van der Waals surface area contributed by atoms with E-state index in [4.69, 9.17) is 0 Å². The molecule has 0 aliphatic heterocycles. The Morgan fingerprint density at radius 2 is 0.935 bits per heavy atom. The summed E-state index contributed by atoms with van der Waals surface area (Å²) in [5, 5.41) is 22.9. The molecule has 4 heteroatoms. The van der Waals surface area contributed by atoms with E-state index >= 15 is 0 Å². The number of carbonyl (C=O) groups excluding carboxylic acids is 1. The van der Waals surface area contributed by atoms with Crippen LogP contribution in [0.5, 0.6) is 0 Å². The molecule has 0 fully saturated rings. The Labute approximate surface area is 288 Å². The van der Waals surface area contributed by atoms with Crippen molar-refractivity contribution in [1.82, 2.24) is 5.32 Å². The zero-order valence-electron chi connectivity index (χ0n) is 31.5. The van der Waals surface area contributed by atoms with Gasteiger partial charge in [-0.3, -0.25) is 4.79 Å². The molecule has 274 valence electrons. The van der Waals surface area contributed by atoms with Crippen molar-refractivity contribution < 1.29 is 15.0 Å². The Bertz CT molecular complexity index is 634. The van der Waals surface area contributed by atoms with Crippen LogP contribution < -0.4 is 5.32 Å². The fourth-order valence-corrected chi connectivity index (χ4v) is 6.48. The Kier molecular flexibility index (Phi) is 36.3. The topological polar surface area (TPSA) is 69.6 Å². The standard InChI is InChI=1S/C42H83NO3/c1-4-5-6-7-8-9-10-11-12-13-14-15-16-17-18-19-20-21-25-28-31-34-37-42(46)43-40(38-44)41(45)36-33-30-27-24-22-23-26-29-32-35-39(2)3/h33,36,39-41,44-45H,4-32,34-35,37-38H2,1-3H3,(H,43,46)/b36-33+/t40-,41+/m0/s1. The molecule has 0 aromatic rings. The second-order valence-electron chi connectivity index (χ2n) is 14.9. The highest BCUT2D eigenvalue weighted by Crippen LogP contribution is 2.16. The quantitative estimate of drug-likeness (QED) is 0.0463. The molecule has 0 rings (SSSR count). The van der Waals surface area contributed by atoms with Gasteiger partial charge >= 0.3 is 0 Å². The summed E-state index contributed by atoms with van der Waals surface area (Å²) in [5.41, 5.74) is 0. The number of allylic oxidation sites excluding steroid dienone is 1. The van der Waals surface area contributed by atoms with Crippen LogP contribution in [0.2, 0.25) is 0 Å². The summed E-state index contributed by atoms with van der Waals surface area (Å²) in [4.78, 5) is 12.3. The molecule has 0 aromatic heterocycles. The number of amides is 1. The molecule has 0 saturated carbocycles. The van der Waals surface area contributed by atoms with Crippen LogP contribution in [0.1, 0.15) is 226 Å². The first-order chi connectivity index (χ1) is 22.5. The van der Waals surface area contributed by atoms with E-state index in [1.165, 1.54) is 173 Å². The summed E-state index contributed by atoms with van der Waals surface area (Å²) >= 11 is 0. The van der Waals surface area contributed by atoms with Gasteiger partial charge in [-0.05, 0) is 25.2 Å². The number of aliphatic hydroxyl groups excluding tert-OH is 2. The Hall–Kier alpha value is -0.870. The van der Waals surface area contributed by atoms with Crippen molar-refractivity contribution >= 4 is 5.91 Å². The van der Waals surface area contributed by atoms with Gasteiger partial charge in [-0.2, -0.15) is 0 Å². The Balaban J connectivity index is 3.50. The van der Waals surface area contributed by atoms with E-state index < -0.39 is 12.1 Å². The van der Waals surface area contributed by atoms with Crippen LogP contribution in [0, 0.1) is 5.92 Å². The Morgan fingerprint density at radius 1 is 0.565 bits per heavy atom. The second-order valence-corrected chi connectivity index (χ2v) is 14.9. The van der Waals surface area contributed by atoms with Gasteiger partial charge in [0, 0.05) is 6.42 Å². The predicted molar refractivity (Wildman–Crippen MR) is 202 cm³/mol. The summed E-state index contributed by atoms with van der Waals surface area (Å²) < 4.78 is 0. The van der Waals surface area contributed by atoms with E-state index in [1.807, 2.05) is 6.08 Å². The second kappa shape index (κ2) is 37.0. The monoisotopic (exact) mass is 650 g/mol. The van der Waals surface area contributed by atoms with E-state index in [0.29, 0.717) is 6.42 Å². The highest BCUT2D eigenvalue weighted by molar-refractivity contribution is 5.76. The zero-order chi connectivity index (χ0) is 33.8. The molecule has 0 radical (unpaired) electrons. The molecule has 0 aliphatic carbocycles. The van der Waals surface area contributed by atoms with Crippen LogP contribution in [0.15, 0.2) is 12.2 Å². The van der Waals surface area contributed by atoms with Crippen molar-refractivity contribution in [3.05, 3.63) is 12.2 Å². The highest BCUT2D eigenvalue weighted by atomic mass is 16.3. The summed E-state index contributed by atoms with van der Waals surface area (Å²) in [5.74, 6) is 0.761. The number of aliphatic hydroxyl groups is 2. The zero-order valence-corrected chi connectivity index (χ0v) is 31.5. The minimum Gasteiger partial charge on any atom is -0.394 e. The van der Waals surface area contributed by atoms with Crippen molar-refractivity contribution in [2.75, 3.05) is 6.61 Å². The van der Waals surface area contributed by atoms with Crippen LogP contribution in [0.25, 0.3) is 0 Å². The molecule has 0 bridgehead atoms. The van der Waals surface area contributed by atoms with Gasteiger partial charge in [-0.15, -0.1) is 0 Å². The van der Waals surface area contributed by atoms with Gasteiger partial charge in [0.05, 0.1) is 18.8 Å². The fraction of sp³-hybridized carbons (Fsp3) is 0.929. The summed E-state index contributed by atoms with van der Waals surface area (Å²) in [6, 6.07) is -0.616. The largest absolute Gasteiger partial charge is 0.394 e. The number of hydrogen-bond donors (Lipinski definition) is 3. The molecule has 0 unspecified atom stereocenters. The van der Waals surface area contributed by atoms with Crippen LogP contribution in [0.4, 0.5) is 0 Å². The first-order valence-electron chi connectivity index (χ1n) is 20.8. The Morgan fingerprint density at radius 3 is 1.33 bits per heavy atom. The average molecular weight is 650 g/mol. The van der Waals surface area contributed by atoms with Gasteiger partial charge < -0.3 is 15.5 Å². The van der Waals surface area contributed by atoms with E-state index in [-0.39, 0.29) is 12.5 Å². The predicted octanol–water partition coefficient (Wildman–Crippen LogP) is 12.5. The SMILES string of the molecule is CCCCCCCCCCCCCCCCCCCCCCCCC(=O)N[C@@H](CO)[C@H](O)/C=C/CCCCCCCCCC(C)C. The van der Waals surface area contributed by atoms with Crippen molar-refractivity contribution in [2.45, 2.75) is 238 Å². The molecule has 2 atom stereocenters. The van der Waals surface area contributed by atoms with Crippen LogP contribution in [-0.4, -0.2) is 34.9 Å². The normalized spacial score (nSPS) is 13.2. The fourth-order valence-electron chi connectivity index (χ4n) is 6.48. The molecule has 0 spiro atoms. The number of unbranched alkanes of at least 4 members (excludes halogenated alkanes) is 28. The lowest BCUT2D eigenvalue weighted by molar-refractivity contribution is -0.123. The molecule has 1 amide bonds. The van der Waals surface area contributed by atoms with Crippen molar-refractivity contribution in [1.29, 1.82) is 0 Å². The smallest absolute Gasteiger partial charge is 0.220 e. The van der Waals surface area contributed by atoms with Crippen molar-refractivity contribution in [3.63, 3.8) is 0 Å². The average Bonchev–Trinajstić information content (AvgIpc) is 3.04. The molecule has 3 N–H and O–H groups in total.